The molecule has 3 heterocycles. The summed E-state index contributed by atoms with van der Waals surface area (Å²) in [6.45, 7) is 6.16. The van der Waals surface area contributed by atoms with Gasteiger partial charge in [0, 0.05) is 41.6 Å². The number of aromatic nitrogens is 4. The Morgan fingerprint density at radius 2 is 2.04 bits per heavy atom. The van der Waals surface area contributed by atoms with Crippen LogP contribution in [-0.2, 0) is 13.1 Å². The zero-order valence-corrected chi connectivity index (χ0v) is 16.3. The van der Waals surface area contributed by atoms with Gasteiger partial charge in [0.1, 0.15) is 5.82 Å². The Morgan fingerprint density at radius 3 is 2.81 bits per heavy atom. The van der Waals surface area contributed by atoms with Gasteiger partial charge in [-0.25, -0.2) is 9.97 Å². The third kappa shape index (κ3) is 4.20. The summed E-state index contributed by atoms with van der Waals surface area (Å²) in [5.74, 6) is 1.61. The SMILES string of the molecule is CCn1ccnc1CN1CCC(c2cncc(-c3cccc(Cl)c3)n2)CC1. The van der Waals surface area contributed by atoms with Crippen molar-refractivity contribution in [3.8, 4) is 11.3 Å². The van der Waals surface area contributed by atoms with E-state index in [0.717, 1.165) is 66.8 Å². The van der Waals surface area contributed by atoms with Crippen LogP contribution in [0.2, 0.25) is 5.02 Å². The fraction of sp³-hybridized carbons (Fsp3) is 0.381. The van der Waals surface area contributed by atoms with Crippen LogP contribution in [0.4, 0.5) is 0 Å². The maximum Gasteiger partial charge on any atom is 0.122 e. The van der Waals surface area contributed by atoms with Crippen LogP contribution in [0.1, 0.15) is 37.2 Å². The van der Waals surface area contributed by atoms with E-state index >= 15 is 0 Å². The Balaban J connectivity index is 1.42. The topological polar surface area (TPSA) is 46.8 Å². The number of aryl methyl sites for hydroxylation is 1. The van der Waals surface area contributed by atoms with Gasteiger partial charge in [-0.3, -0.25) is 9.88 Å². The van der Waals surface area contributed by atoms with Crippen molar-refractivity contribution in [3.05, 3.63) is 65.6 Å². The van der Waals surface area contributed by atoms with Gasteiger partial charge >= 0.3 is 0 Å². The van der Waals surface area contributed by atoms with Gasteiger partial charge < -0.3 is 4.57 Å². The third-order valence-electron chi connectivity index (χ3n) is 5.29. The molecule has 0 saturated carbocycles. The molecule has 0 spiro atoms. The molecule has 5 nitrogen and oxygen atoms in total. The highest BCUT2D eigenvalue weighted by Crippen LogP contribution is 2.29. The number of nitrogens with zero attached hydrogens (tertiary/aromatic N) is 5. The van der Waals surface area contributed by atoms with Gasteiger partial charge in [-0.15, -0.1) is 0 Å². The number of hydrogen-bond donors (Lipinski definition) is 0. The number of piperidine rings is 1. The van der Waals surface area contributed by atoms with E-state index in [-0.39, 0.29) is 0 Å². The normalized spacial score (nSPS) is 15.9. The number of likely N-dealkylation sites (tertiary alicyclic amines) is 1. The van der Waals surface area contributed by atoms with Gasteiger partial charge in [0.25, 0.3) is 0 Å². The fourth-order valence-electron chi connectivity index (χ4n) is 3.73. The molecule has 2 aromatic heterocycles. The first-order valence-electron chi connectivity index (χ1n) is 9.53. The van der Waals surface area contributed by atoms with E-state index in [2.05, 4.69) is 32.6 Å². The number of halogens is 1. The molecule has 3 aromatic rings. The van der Waals surface area contributed by atoms with Crippen LogP contribution in [0.3, 0.4) is 0 Å². The maximum atomic E-state index is 6.12. The first-order valence-corrected chi connectivity index (χ1v) is 9.91. The molecule has 1 aromatic carbocycles. The zero-order chi connectivity index (χ0) is 18.6. The Labute approximate surface area is 165 Å². The minimum absolute atomic E-state index is 0.457. The quantitative estimate of drug-likeness (QED) is 0.657. The van der Waals surface area contributed by atoms with Crippen molar-refractivity contribution in [1.82, 2.24) is 24.4 Å². The zero-order valence-electron chi connectivity index (χ0n) is 15.6. The van der Waals surface area contributed by atoms with Gasteiger partial charge in [0.05, 0.1) is 24.1 Å². The molecule has 0 atom stereocenters. The molecular weight excluding hydrogens is 358 g/mol. The Kier molecular flexibility index (Phi) is 5.50. The summed E-state index contributed by atoms with van der Waals surface area (Å²) in [4.78, 5) is 16.3. The van der Waals surface area contributed by atoms with Crippen LogP contribution in [0, 0.1) is 0 Å². The molecule has 0 bridgehead atoms. The molecule has 0 unspecified atom stereocenters. The summed E-state index contributed by atoms with van der Waals surface area (Å²) in [6, 6.07) is 7.79. The molecule has 1 saturated heterocycles. The molecule has 6 heteroatoms. The monoisotopic (exact) mass is 381 g/mol. The summed E-state index contributed by atoms with van der Waals surface area (Å²) in [5.41, 5.74) is 2.99. The second-order valence-corrected chi connectivity index (χ2v) is 7.46. The Bertz CT molecular complexity index is 899. The van der Waals surface area contributed by atoms with E-state index in [1.54, 1.807) is 0 Å². The summed E-state index contributed by atoms with van der Waals surface area (Å²) in [7, 11) is 0. The van der Waals surface area contributed by atoms with Crippen molar-refractivity contribution in [1.29, 1.82) is 0 Å². The van der Waals surface area contributed by atoms with E-state index < -0.39 is 0 Å². The molecular formula is C21H24ClN5. The lowest BCUT2D eigenvalue weighted by Crippen LogP contribution is -2.33. The van der Waals surface area contributed by atoms with Crippen LogP contribution < -0.4 is 0 Å². The Morgan fingerprint density at radius 1 is 1.19 bits per heavy atom. The molecule has 0 radical (unpaired) electrons. The molecule has 4 rings (SSSR count). The minimum Gasteiger partial charge on any atom is -0.334 e. The van der Waals surface area contributed by atoms with E-state index in [1.165, 1.54) is 0 Å². The highest BCUT2D eigenvalue weighted by molar-refractivity contribution is 6.30. The largest absolute Gasteiger partial charge is 0.334 e. The molecule has 0 amide bonds. The predicted molar refractivity (Wildman–Crippen MR) is 108 cm³/mol. The molecule has 0 N–H and O–H groups in total. The lowest BCUT2D eigenvalue weighted by atomic mass is 9.93. The summed E-state index contributed by atoms with van der Waals surface area (Å²) >= 11 is 6.12. The molecule has 1 fully saturated rings. The van der Waals surface area contributed by atoms with Crippen molar-refractivity contribution in [3.63, 3.8) is 0 Å². The number of benzene rings is 1. The van der Waals surface area contributed by atoms with Crippen LogP contribution in [0.25, 0.3) is 11.3 Å². The predicted octanol–water partition coefficient (Wildman–Crippen LogP) is 4.39. The van der Waals surface area contributed by atoms with Crippen molar-refractivity contribution >= 4 is 11.6 Å². The first kappa shape index (κ1) is 18.1. The van der Waals surface area contributed by atoms with Crippen molar-refractivity contribution in [2.45, 2.75) is 38.8 Å². The number of hydrogen-bond acceptors (Lipinski definition) is 4. The van der Waals surface area contributed by atoms with Gasteiger partial charge in [0.15, 0.2) is 0 Å². The van der Waals surface area contributed by atoms with Crippen molar-refractivity contribution in [2.24, 2.45) is 0 Å². The van der Waals surface area contributed by atoms with Gasteiger partial charge in [-0.05, 0) is 45.0 Å². The summed E-state index contributed by atoms with van der Waals surface area (Å²) in [5, 5.41) is 0.721. The minimum atomic E-state index is 0.457. The van der Waals surface area contributed by atoms with Crippen LogP contribution in [-0.4, -0.2) is 37.5 Å². The summed E-state index contributed by atoms with van der Waals surface area (Å²) < 4.78 is 2.21. The molecule has 27 heavy (non-hydrogen) atoms. The lowest BCUT2D eigenvalue weighted by molar-refractivity contribution is 0.196. The van der Waals surface area contributed by atoms with Crippen LogP contribution >= 0.6 is 11.6 Å². The molecule has 0 aliphatic carbocycles. The van der Waals surface area contributed by atoms with Crippen LogP contribution in [0.15, 0.2) is 49.1 Å². The molecule has 1 aliphatic heterocycles. The standard InChI is InChI=1S/C21H24ClN5/c1-2-27-11-8-24-21(27)15-26-9-6-16(7-10-26)19-13-23-14-20(25-19)17-4-3-5-18(22)12-17/h3-5,8,11-14,16H,2,6-7,9-10,15H2,1H3. The van der Waals surface area contributed by atoms with E-state index in [1.807, 2.05) is 42.9 Å². The molecule has 1 aliphatic rings. The highest BCUT2D eigenvalue weighted by atomic mass is 35.5. The fourth-order valence-corrected chi connectivity index (χ4v) is 3.92. The second-order valence-electron chi connectivity index (χ2n) is 7.02. The number of rotatable bonds is 5. The van der Waals surface area contributed by atoms with Crippen molar-refractivity contribution < 1.29 is 0 Å². The number of imidazole rings is 1. The third-order valence-corrected chi connectivity index (χ3v) is 5.52. The highest BCUT2D eigenvalue weighted by Gasteiger charge is 2.23. The maximum absolute atomic E-state index is 6.12. The van der Waals surface area contributed by atoms with Crippen molar-refractivity contribution in [2.75, 3.05) is 13.1 Å². The smallest absolute Gasteiger partial charge is 0.122 e. The van der Waals surface area contributed by atoms with Gasteiger partial charge in [-0.1, -0.05) is 23.7 Å². The second kappa shape index (κ2) is 8.19. The van der Waals surface area contributed by atoms with E-state index in [9.17, 15) is 0 Å². The van der Waals surface area contributed by atoms with Crippen LogP contribution in [0.5, 0.6) is 0 Å². The lowest BCUT2D eigenvalue weighted by Gasteiger charge is -2.31. The van der Waals surface area contributed by atoms with Gasteiger partial charge in [-0.2, -0.15) is 0 Å². The summed E-state index contributed by atoms with van der Waals surface area (Å²) in [6.07, 6.45) is 9.87. The van der Waals surface area contributed by atoms with E-state index in [4.69, 9.17) is 16.6 Å². The Hall–Kier alpha value is -2.24. The van der Waals surface area contributed by atoms with Gasteiger partial charge in [0.2, 0.25) is 0 Å². The average Bonchev–Trinajstić information content (AvgIpc) is 3.16. The molecule has 140 valence electrons. The first-order chi connectivity index (χ1) is 13.2. The van der Waals surface area contributed by atoms with E-state index in [0.29, 0.717) is 5.92 Å². The average molecular weight is 382 g/mol.